The molecule has 2 aromatic rings. The number of aryl methyl sites for hydroxylation is 1. The highest BCUT2D eigenvalue weighted by atomic mass is 32.2. The third-order valence-electron chi connectivity index (χ3n) is 2.94. The number of halogens is 5. The summed E-state index contributed by atoms with van der Waals surface area (Å²) in [5, 5.41) is 3.05. The summed E-state index contributed by atoms with van der Waals surface area (Å²) >= 11 is 0. The number of nitrogens with one attached hydrogen (secondary N) is 1. The maximum atomic E-state index is 13.4. The molecule has 0 saturated carbocycles. The number of hydrazone groups is 1. The fraction of sp³-hybridized carbons (Fsp3) is 0.0714. The van der Waals surface area contributed by atoms with E-state index >= 15 is 0 Å². The highest BCUT2D eigenvalue weighted by Gasteiger charge is 2.24. The summed E-state index contributed by atoms with van der Waals surface area (Å²) in [6, 6.07) is 5.52. The molecular formula is C14H9F5N2O2S. The smallest absolute Gasteiger partial charge is 0.203 e. The SMILES string of the molecule is Cc1ccc(S(=O)(=O)NN=Cc2c(F)c(F)c(F)c(F)c2F)cc1. The van der Waals surface area contributed by atoms with E-state index in [9.17, 15) is 30.4 Å². The molecule has 0 unspecified atom stereocenters. The van der Waals surface area contributed by atoms with Crippen LogP contribution in [-0.2, 0) is 10.0 Å². The molecule has 2 rings (SSSR count). The molecule has 10 heteroatoms. The molecule has 0 radical (unpaired) electrons. The largest absolute Gasteiger partial charge is 0.276 e. The average molecular weight is 364 g/mol. The first-order valence-electron chi connectivity index (χ1n) is 6.28. The molecule has 0 aliphatic heterocycles. The van der Waals surface area contributed by atoms with E-state index in [2.05, 4.69) is 5.10 Å². The van der Waals surface area contributed by atoms with Gasteiger partial charge in [0.05, 0.1) is 16.7 Å². The summed E-state index contributed by atoms with van der Waals surface area (Å²) in [6.45, 7) is 1.73. The summed E-state index contributed by atoms with van der Waals surface area (Å²) in [5.41, 5.74) is -0.572. The number of nitrogens with zero attached hydrogens (tertiary/aromatic N) is 1. The summed E-state index contributed by atoms with van der Waals surface area (Å²) in [5.74, 6) is -10.9. The molecule has 1 N–H and O–H groups in total. The fourth-order valence-corrected chi connectivity index (χ4v) is 2.46. The van der Waals surface area contributed by atoms with Crippen LogP contribution in [0.1, 0.15) is 11.1 Å². The van der Waals surface area contributed by atoms with E-state index in [-0.39, 0.29) is 11.1 Å². The van der Waals surface area contributed by atoms with Gasteiger partial charge in [-0.1, -0.05) is 17.7 Å². The Bertz CT molecular complexity index is 883. The van der Waals surface area contributed by atoms with Gasteiger partial charge in [0.2, 0.25) is 5.82 Å². The summed E-state index contributed by atoms with van der Waals surface area (Å²) in [6.07, 6.45) is 0.196. The van der Waals surface area contributed by atoms with E-state index in [0.717, 1.165) is 5.56 Å². The summed E-state index contributed by atoms with van der Waals surface area (Å²) < 4.78 is 89.4. The van der Waals surface area contributed by atoms with Gasteiger partial charge in [0, 0.05) is 0 Å². The zero-order chi connectivity index (χ0) is 18.1. The van der Waals surface area contributed by atoms with E-state index in [0.29, 0.717) is 0 Å². The normalized spacial score (nSPS) is 11.9. The van der Waals surface area contributed by atoms with Crippen molar-refractivity contribution in [2.75, 3.05) is 0 Å². The van der Waals surface area contributed by atoms with Crippen LogP contribution in [0.25, 0.3) is 0 Å². The number of rotatable bonds is 4. The van der Waals surface area contributed by atoms with Crippen LogP contribution in [0.15, 0.2) is 34.3 Å². The zero-order valence-electron chi connectivity index (χ0n) is 11.9. The van der Waals surface area contributed by atoms with Crippen molar-refractivity contribution in [3.05, 3.63) is 64.5 Å². The second kappa shape index (κ2) is 6.56. The molecule has 0 aliphatic carbocycles. The van der Waals surface area contributed by atoms with Crippen molar-refractivity contribution >= 4 is 16.2 Å². The molecule has 0 fully saturated rings. The Morgan fingerprint density at radius 2 is 1.33 bits per heavy atom. The first kappa shape index (κ1) is 17.9. The van der Waals surface area contributed by atoms with Crippen LogP contribution in [0.2, 0.25) is 0 Å². The first-order valence-corrected chi connectivity index (χ1v) is 7.76. The summed E-state index contributed by atoms with van der Waals surface area (Å²) in [4.78, 5) is 1.43. The van der Waals surface area contributed by atoms with Gasteiger partial charge in [-0.25, -0.2) is 26.8 Å². The quantitative estimate of drug-likeness (QED) is 0.298. The lowest BCUT2D eigenvalue weighted by Crippen LogP contribution is -2.19. The predicted molar refractivity (Wildman–Crippen MR) is 75.3 cm³/mol. The molecule has 4 nitrogen and oxygen atoms in total. The van der Waals surface area contributed by atoms with Crippen molar-refractivity contribution in [3.63, 3.8) is 0 Å². The maximum absolute atomic E-state index is 13.4. The van der Waals surface area contributed by atoms with Gasteiger partial charge in [0.25, 0.3) is 10.0 Å². The number of sulfonamides is 1. The molecule has 0 atom stereocenters. The predicted octanol–water partition coefficient (Wildman–Crippen LogP) is 3.00. The molecule has 2 aromatic carbocycles. The first-order chi connectivity index (χ1) is 11.1. The highest BCUT2D eigenvalue weighted by molar-refractivity contribution is 7.89. The van der Waals surface area contributed by atoms with Crippen molar-refractivity contribution in [3.8, 4) is 0 Å². The Morgan fingerprint density at radius 1 is 0.875 bits per heavy atom. The standard InChI is InChI=1S/C14H9F5N2O2S/c1-7-2-4-8(5-3-7)24(22,23)21-20-6-9-10(15)12(17)14(19)13(18)11(9)16/h2-6,21H,1H3. The van der Waals surface area contributed by atoms with Gasteiger partial charge in [0.15, 0.2) is 23.3 Å². The number of benzene rings is 2. The van der Waals surface area contributed by atoms with Gasteiger partial charge in [-0.15, -0.1) is 0 Å². The Balaban J connectivity index is 2.31. The molecule has 128 valence electrons. The minimum absolute atomic E-state index is 0.192. The van der Waals surface area contributed by atoms with Crippen LogP contribution in [0, 0.1) is 36.0 Å². The minimum Gasteiger partial charge on any atom is -0.203 e. The molecule has 0 bridgehead atoms. The molecule has 0 spiro atoms. The lowest BCUT2D eigenvalue weighted by Gasteiger charge is -2.05. The Hall–Kier alpha value is -2.49. The van der Waals surface area contributed by atoms with Crippen LogP contribution >= 0.6 is 0 Å². The van der Waals surface area contributed by atoms with Crippen molar-refractivity contribution in [2.24, 2.45) is 5.10 Å². The van der Waals surface area contributed by atoms with Crippen molar-refractivity contribution < 1.29 is 30.4 Å². The number of hydrogen-bond donors (Lipinski definition) is 1. The van der Waals surface area contributed by atoms with Gasteiger partial charge in [-0.3, -0.25) is 0 Å². The second-order valence-electron chi connectivity index (χ2n) is 4.65. The van der Waals surface area contributed by atoms with Crippen LogP contribution in [0.5, 0.6) is 0 Å². The molecular weight excluding hydrogens is 355 g/mol. The van der Waals surface area contributed by atoms with Crippen LogP contribution in [0.4, 0.5) is 22.0 Å². The van der Waals surface area contributed by atoms with E-state index in [1.165, 1.54) is 24.3 Å². The van der Waals surface area contributed by atoms with Crippen LogP contribution in [-0.4, -0.2) is 14.6 Å². The number of hydrogen-bond acceptors (Lipinski definition) is 3. The third-order valence-corrected chi connectivity index (χ3v) is 4.18. The van der Waals surface area contributed by atoms with Crippen LogP contribution < -0.4 is 4.83 Å². The third kappa shape index (κ3) is 3.37. The molecule has 0 amide bonds. The molecule has 0 saturated heterocycles. The van der Waals surface area contributed by atoms with Gasteiger partial charge in [0.1, 0.15) is 0 Å². The van der Waals surface area contributed by atoms with Crippen molar-refractivity contribution in [1.29, 1.82) is 0 Å². The monoisotopic (exact) mass is 364 g/mol. The maximum Gasteiger partial charge on any atom is 0.276 e. The van der Waals surface area contributed by atoms with E-state index in [4.69, 9.17) is 0 Å². The topological polar surface area (TPSA) is 58.5 Å². The van der Waals surface area contributed by atoms with E-state index < -0.39 is 44.7 Å². The zero-order valence-corrected chi connectivity index (χ0v) is 12.8. The molecule has 0 aromatic heterocycles. The van der Waals surface area contributed by atoms with Gasteiger partial charge in [-0.05, 0) is 19.1 Å². The van der Waals surface area contributed by atoms with Crippen molar-refractivity contribution in [2.45, 2.75) is 11.8 Å². The Kier molecular flexibility index (Phi) is 4.88. The fourth-order valence-electron chi connectivity index (χ4n) is 1.67. The van der Waals surface area contributed by atoms with E-state index in [1.54, 1.807) is 11.8 Å². The Labute approximate surface area is 133 Å². The van der Waals surface area contributed by atoms with Gasteiger partial charge < -0.3 is 0 Å². The van der Waals surface area contributed by atoms with E-state index in [1.807, 2.05) is 0 Å². The second-order valence-corrected chi connectivity index (χ2v) is 6.31. The summed E-state index contributed by atoms with van der Waals surface area (Å²) in [7, 11) is -4.16. The molecule has 0 heterocycles. The lowest BCUT2D eigenvalue weighted by molar-refractivity contribution is 0.377. The minimum atomic E-state index is -4.16. The van der Waals surface area contributed by atoms with Gasteiger partial charge >= 0.3 is 0 Å². The van der Waals surface area contributed by atoms with Crippen molar-refractivity contribution in [1.82, 2.24) is 4.83 Å². The lowest BCUT2D eigenvalue weighted by atomic mass is 10.2. The van der Waals surface area contributed by atoms with Crippen LogP contribution in [0.3, 0.4) is 0 Å². The average Bonchev–Trinajstić information content (AvgIpc) is 2.54. The Morgan fingerprint density at radius 3 is 1.83 bits per heavy atom. The molecule has 0 aliphatic rings. The van der Waals surface area contributed by atoms with Gasteiger partial charge in [-0.2, -0.15) is 13.5 Å². The highest BCUT2D eigenvalue weighted by Crippen LogP contribution is 2.21. The molecule has 24 heavy (non-hydrogen) atoms.